The molecule has 39 heavy (non-hydrogen) atoms. The molecule has 1 saturated heterocycles. The van der Waals surface area contributed by atoms with E-state index in [9.17, 15) is 27.2 Å². The molecule has 10 heteroatoms. The highest BCUT2D eigenvalue weighted by Crippen LogP contribution is 2.32. The van der Waals surface area contributed by atoms with E-state index < -0.39 is 33.7 Å². The van der Waals surface area contributed by atoms with Gasteiger partial charge in [0.1, 0.15) is 11.9 Å². The molecule has 1 atom stereocenters. The van der Waals surface area contributed by atoms with Gasteiger partial charge in [0.15, 0.2) is 0 Å². The number of hydrogen-bond acceptors (Lipinski definition) is 5. The first-order valence-electron chi connectivity index (χ1n) is 12.1. The fraction of sp³-hybridized carbons (Fsp3) is 0.138. The Morgan fingerprint density at radius 1 is 0.949 bits per heavy atom. The Hall–Kier alpha value is -4.41. The number of imide groups is 1. The molecule has 1 N–H and O–H groups in total. The summed E-state index contributed by atoms with van der Waals surface area (Å²) in [6, 6.07) is 22.1. The van der Waals surface area contributed by atoms with Crippen molar-refractivity contribution in [3.05, 3.63) is 102 Å². The predicted octanol–water partition coefficient (Wildman–Crippen LogP) is 4.46. The zero-order valence-corrected chi connectivity index (χ0v) is 21.7. The second-order valence-corrected chi connectivity index (χ2v) is 11.1. The molecule has 3 amide bonds. The monoisotopic (exact) mass is 545 g/mol. The van der Waals surface area contributed by atoms with Gasteiger partial charge >= 0.3 is 0 Å². The van der Waals surface area contributed by atoms with Gasteiger partial charge < -0.3 is 5.32 Å². The summed E-state index contributed by atoms with van der Waals surface area (Å²) in [5, 5.41) is 4.17. The van der Waals surface area contributed by atoms with Crippen LogP contribution >= 0.6 is 0 Å². The van der Waals surface area contributed by atoms with Crippen LogP contribution in [0.5, 0.6) is 0 Å². The van der Waals surface area contributed by atoms with Crippen LogP contribution in [0.2, 0.25) is 0 Å². The van der Waals surface area contributed by atoms with Gasteiger partial charge in [0.25, 0.3) is 5.91 Å². The lowest BCUT2D eigenvalue weighted by Gasteiger charge is -2.27. The molecule has 0 aromatic heterocycles. The van der Waals surface area contributed by atoms with Crippen molar-refractivity contribution in [1.29, 1.82) is 0 Å². The number of nitrogens with zero attached hydrogens (tertiary/aromatic N) is 2. The average molecular weight is 546 g/mol. The van der Waals surface area contributed by atoms with E-state index in [1.807, 2.05) is 12.1 Å². The maximum absolute atomic E-state index is 14.0. The first-order valence-corrected chi connectivity index (χ1v) is 13.6. The third-order valence-corrected chi connectivity index (χ3v) is 8.35. The summed E-state index contributed by atoms with van der Waals surface area (Å²) in [6.07, 6.45) is -0.361. The second-order valence-electron chi connectivity index (χ2n) is 9.20. The molecular formula is C29H24FN3O5S. The van der Waals surface area contributed by atoms with E-state index in [1.165, 1.54) is 55.5 Å². The third kappa shape index (κ3) is 5.29. The van der Waals surface area contributed by atoms with Gasteiger partial charge in [-0.25, -0.2) is 17.7 Å². The van der Waals surface area contributed by atoms with Crippen LogP contribution in [-0.2, 0) is 31.0 Å². The second kappa shape index (κ2) is 10.4. The summed E-state index contributed by atoms with van der Waals surface area (Å²) in [5.74, 6) is -2.01. The molecule has 4 aromatic carbocycles. The van der Waals surface area contributed by atoms with Crippen LogP contribution in [-0.4, -0.2) is 36.5 Å². The Kier molecular flexibility index (Phi) is 6.98. The van der Waals surface area contributed by atoms with Gasteiger partial charge in [0.2, 0.25) is 21.8 Å². The number of amides is 3. The quantitative estimate of drug-likeness (QED) is 0.346. The molecule has 8 nitrogen and oxygen atoms in total. The number of rotatable bonds is 7. The van der Waals surface area contributed by atoms with E-state index in [-0.39, 0.29) is 29.5 Å². The van der Waals surface area contributed by atoms with Crippen LogP contribution in [0.3, 0.4) is 0 Å². The molecule has 1 aliphatic heterocycles. The van der Waals surface area contributed by atoms with Crippen LogP contribution in [0.15, 0.2) is 95.9 Å². The first kappa shape index (κ1) is 26.2. The van der Waals surface area contributed by atoms with Gasteiger partial charge in [-0.3, -0.25) is 14.4 Å². The fourth-order valence-electron chi connectivity index (χ4n) is 4.60. The molecule has 5 rings (SSSR count). The van der Waals surface area contributed by atoms with Gasteiger partial charge in [-0.1, -0.05) is 42.5 Å². The van der Waals surface area contributed by atoms with E-state index in [1.54, 1.807) is 30.3 Å². The van der Waals surface area contributed by atoms with E-state index in [0.29, 0.717) is 16.6 Å². The number of hydrogen-bond donors (Lipinski definition) is 1. The van der Waals surface area contributed by atoms with Crippen molar-refractivity contribution < 1.29 is 27.2 Å². The van der Waals surface area contributed by atoms with Crippen LogP contribution in [0.25, 0.3) is 10.8 Å². The van der Waals surface area contributed by atoms with E-state index >= 15 is 0 Å². The van der Waals surface area contributed by atoms with Gasteiger partial charge in [-0.2, -0.15) is 4.31 Å². The smallest absolute Gasteiger partial charge is 0.252 e. The number of carbonyl (C=O) groups is 3. The summed E-state index contributed by atoms with van der Waals surface area (Å²) < 4.78 is 42.6. The Morgan fingerprint density at radius 2 is 1.62 bits per heavy atom. The lowest BCUT2D eigenvalue weighted by atomic mass is 10.1. The summed E-state index contributed by atoms with van der Waals surface area (Å²) in [6.45, 7) is 1.12. The minimum atomic E-state index is -4.27. The normalized spacial score (nSPS) is 15.8. The Morgan fingerprint density at radius 3 is 2.28 bits per heavy atom. The van der Waals surface area contributed by atoms with Crippen molar-refractivity contribution in [2.75, 3.05) is 10.2 Å². The largest absolute Gasteiger partial charge is 0.326 e. The molecule has 0 saturated carbocycles. The van der Waals surface area contributed by atoms with Gasteiger partial charge in [0, 0.05) is 19.2 Å². The SMILES string of the molecule is CC(=O)Nc1ccc(N2C(=O)CC(N(Cc3ccc(F)cc3)S(=O)(=O)c3ccc4ccccc4c3)C2=O)cc1. The van der Waals surface area contributed by atoms with Gasteiger partial charge in [-0.05, 0) is 64.9 Å². The lowest BCUT2D eigenvalue weighted by Crippen LogP contribution is -2.45. The Labute approximate surface area is 224 Å². The van der Waals surface area contributed by atoms with Crippen LogP contribution in [0.4, 0.5) is 15.8 Å². The molecule has 1 fully saturated rings. The molecule has 0 bridgehead atoms. The van der Waals surface area contributed by atoms with Crippen molar-refractivity contribution >= 4 is 49.9 Å². The fourth-order valence-corrected chi connectivity index (χ4v) is 6.21. The summed E-state index contributed by atoms with van der Waals surface area (Å²) >= 11 is 0. The van der Waals surface area contributed by atoms with Crippen LogP contribution in [0, 0.1) is 5.82 Å². The molecule has 0 radical (unpaired) electrons. The molecular weight excluding hydrogens is 521 g/mol. The maximum Gasteiger partial charge on any atom is 0.252 e. The molecule has 198 valence electrons. The molecule has 0 spiro atoms. The van der Waals surface area contributed by atoms with Gasteiger partial charge in [-0.15, -0.1) is 0 Å². The molecule has 0 aliphatic carbocycles. The molecule has 1 aliphatic rings. The number of benzene rings is 4. The maximum atomic E-state index is 14.0. The summed E-state index contributed by atoms with van der Waals surface area (Å²) in [5.41, 5.74) is 1.20. The van der Waals surface area contributed by atoms with E-state index in [0.717, 1.165) is 14.6 Å². The minimum absolute atomic E-state index is 0.0262. The topological polar surface area (TPSA) is 104 Å². The summed E-state index contributed by atoms with van der Waals surface area (Å²) in [7, 11) is -4.27. The number of anilines is 2. The predicted molar refractivity (Wildman–Crippen MR) is 145 cm³/mol. The van der Waals surface area contributed by atoms with Crippen molar-refractivity contribution in [3.8, 4) is 0 Å². The number of halogens is 1. The third-order valence-electron chi connectivity index (χ3n) is 6.50. The van der Waals surface area contributed by atoms with Crippen LogP contribution in [0.1, 0.15) is 18.9 Å². The summed E-state index contributed by atoms with van der Waals surface area (Å²) in [4.78, 5) is 38.9. The highest BCUT2D eigenvalue weighted by molar-refractivity contribution is 7.89. The van der Waals surface area contributed by atoms with Crippen molar-refractivity contribution in [1.82, 2.24) is 4.31 Å². The molecule has 4 aromatic rings. The molecule has 1 heterocycles. The van der Waals surface area contributed by atoms with E-state index in [4.69, 9.17) is 0 Å². The van der Waals surface area contributed by atoms with Gasteiger partial charge in [0.05, 0.1) is 17.0 Å². The van der Waals surface area contributed by atoms with Crippen molar-refractivity contribution in [2.24, 2.45) is 0 Å². The first-order chi connectivity index (χ1) is 18.6. The number of carbonyl (C=O) groups excluding carboxylic acids is 3. The zero-order valence-electron chi connectivity index (χ0n) is 20.9. The van der Waals surface area contributed by atoms with Crippen molar-refractivity contribution in [2.45, 2.75) is 30.8 Å². The highest BCUT2D eigenvalue weighted by Gasteiger charge is 2.47. The number of nitrogens with one attached hydrogen (secondary N) is 1. The molecule has 1 unspecified atom stereocenters. The van der Waals surface area contributed by atoms with Crippen molar-refractivity contribution in [3.63, 3.8) is 0 Å². The number of fused-ring (bicyclic) bond motifs is 1. The lowest BCUT2D eigenvalue weighted by molar-refractivity contribution is -0.122. The highest BCUT2D eigenvalue weighted by atomic mass is 32.2. The number of sulfonamides is 1. The Balaban J connectivity index is 1.53. The standard InChI is InChI=1S/C29H24FN3O5S/c1-19(34)31-24-11-13-25(14-12-24)33-28(35)17-27(29(33)36)32(18-20-6-9-23(30)10-7-20)39(37,38)26-15-8-21-4-2-3-5-22(21)16-26/h2-16,27H,17-18H2,1H3,(H,31,34). The minimum Gasteiger partial charge on any atom is -0.326 e. The average Bonchev–Trinajstić information content (AvgIpc) is 3.21. The zero-order chi connectivity index (χ0) is 27.7. The van der Waals surface area contributed by atoms with Crippen LogP contribution < -0.4 is 10.2 Å². The Bertz CT molecular complexity index is 1690. The van der Waals surface area contributed by atoms with E-state index in [2.05, 4.69) is 5.32 Å².